The molecule has 0 aromatic rings. The van der Waals surface area contributed by atoms with E-state index in [4.69, 9.17) is 9.47 Å². The molecule has 1 unspecified atom stereocenters. The molecule has 0 rings (SSSR count). The van der Waals surface area contributed by atoms with Crippen LogP contribution in [0, 0.1) is 0 Å². The lowest BCUT2D eigenvalue weighted by atomic mass is 10.1. The highest BCUT2D eigenvalue weighted by Crippen LogP contribution is 2.09. The van der Waals surface area contributed by atoms with Crippen LogP contribution in [0.25, 0.3) is 0 Å². The minimum absolute atomic E-state index is 0.0446. The normalized spacial score (nSPS) is 13.0. The number of rotatable bonds is 18. The largest absolute Gasteiger partial charge is 0.353 e. The van der Waals surface area contributed by atoms with Crippen molar-refractivity contribution in [1.82, 2.24) is 0 Å². The molecule has 0 amide bonds. The second-order valence-electron chi connectivity index (χ2n) is 6.48. The van der Waals surface area contributed by atoms with Crippen molar-refractivity contribution in [2.24, 2.45) is 0 Å². The van der Waals surface area contributed by atoms with Gasteiger partial charge >= 0.3 is 0 Å². The molecule has 0 bridgehead atoms. The van der Waals surface area contributed by atoms with Crippen molar-refractivity contribution in [2.75, 3.05) is 13.2 Å². The van der Waals surface area contributed by atoms with Crippen LogP contribution in [-0.2, 0) is 9.47 Å². The summed E-state index contributed by atoms with van der Waals surface area (Å²) in [6.45, 7) is 7.81. The van der Waals surface area contributed by atoms with E-state index < -0.39 is 0 Å². The highest BCUT2D eigenvalue weighted by atomic mass is 16.7. The molecule has 138 valence electrons. The Hall–Kier alpha value is -0.340. The SMILES string of the molecule is CCCCCCCC/C=C/CCCCCCCOC(C)OCC. The third-order valence-electron chi connectivity index (χ3n) is 4.16. The number of allylic oxidation sites excluding steroid dienone is 2. The van der Waals surface area contributed by atoms with Crippen LogP contribution in [0.4, 0.5) is 0 Å². The molecule has 0 saturated heterocycles. The van der Waals surface area contributed by atoms with Gasteiger partial charge in [-0.1, -0.05) is 70.4 Å². The predicted octanol–water partition coefficient (Wildman–Crippen LogP) is 7.03. The maximum absolute atomic E-state index is 5.56. The Balaban J connectivity index is 3.10. The summed E-state index contributed by atoms with van der Waals surface area (Å²) in [6.07, 6.45) is 22.1. The summed E-state index contributed by atoms with van der Waals surface area (Å²) >= 11 is 0. The van der Waals surface area contributed by atoms with E-state index in [2.05, 4.69) is 19.1 Å². The van der Waals surface area contributed by atoms with Crippen LogP contribution in [-0.4, -0.2) is 19.5 Å². The van der Waals surface area contributed by atoms with Crippen molar-refractivity contribution < 1.29 is 9.47 Å². The van der Waals surface area contributed by atoms with Crippen molar-refractivity contribution in [3.63, 3.8) is 0 Å². The summed E-state index contributed by atoms with van der Waals surface area (Å²) in [6, 6.07) is 0. The van der Waals surface area contributed by atoms with Crippen molar-refractivity contribution in [2.45, 2.75) is 111 Å². The van der Waals surface area contributed by atoms with Crippen molar-refractivity contribution in [3.05, 3.63) is 12.2 Å². The molecule has 1 atom stereocenters. The number of unbranched alkanes of at least 4 members (excludes halogenated alkanes) is 11. The third kappa shape index (κ3) is 19.6. The van der Waals surface area contributed by atoms with Gasteiger partial charge in [0, 0.05) is 13.2 Å². The maximum Gasteiger partial charge on any atom is 0.154 e. The summed E-state index contributed by atoms with van der Waals surface area (Å²) in [5, 5.41) is 0. The summed E-state index contributed by atoms with van der Waals surface area (Å²) in [7, 11) is 0. The monoisotopic (exact) mass is 326 g/mol. The van der Waals surface area contributed by atoms with E-state index in [0.29, 0.717) is 0 Å². The zero-order valence-corrected chi connectivity index (χ0v) is 16.2. The van der Waals surface area contributed by atoms with E-state index in [-0.39, 0.29) is 6.29 Å². The van der Waals surface area contributed by atoms with Crippen LogP contribution < -0.4 is 0 Å². The average Bonchev–Trinajstić information content (AvgIpc) is 2.54. The van der Waals surface area contributed by atoms with Crippen molar-refractivity contribution in [3.8, 4) is 0 Å². The standard InChI is InChI=1S/C21H42O2/c1-4-6-7-8-9-10-11-12-13-14-15-16-17-18-19-20-23-21(3)22-5-2/h12-13,21H,4-11,14-20H2,1-3H3/b13-12+. The van der Waals surface area contributed by atoms with Gasteiger partial charge < -0.3 is 9.47 Å². The van der Waals surface area contributed by atoms with Gasteiger partial charge in [-0.3, -0.25) is 0 Å². The summed E-state index contributed by atoms with van der Waals surface area (Å²) in [5.74, 6) is 0. The number of hydrogen-bond acceptors (Lipinski definition) is 2. The van der Waals surface area contributed by atoms with Gasteiger partial charge in [-0.2, -0.15) is 0 Å². The minimum Gasteiger partial charge on any atom is -0.353 e. The zero-order chi connectivity index (χ0) is 17.0. The van der Waals surface area contributed by atoms with Gasteiger partial charge in [-0.15, -0.1) is 0 Å². The second-order valence-corrected chi connectivity index (χ2v) is 6.48. The highest BCUT2D eigenvalue weighted by molar-refractivity contribution is 4.81. The van der Waals surface area contributed by atoms with E-state index >= 15 is 0 Å². The Kier molecular flexibility index (Phi) is 19.4. The van der Waals surface area contributed by atoms with Gasteiger partial charge in [0.05, 0.1) is 0 Å². The van der Waals surface area contributed by atoms with Crippen LogP contribution in [0.2, 0.25) is 0 Å². The minimum atomic E-state index is -0.0446. The van der Waals surface area contributed by atoms with Gasteiger partial charge in [-0.05, 0) is 46.0 Å². The summed E-state index contributed by atoms with van der Waals surface area (Å²) in [4.78, 5) is 0. The molecule has 0 aliphatic heterocycles. The fourth-order valence-electron chi connectivity index (χ4n) is 2.70. The van der Waals surface area contributed by atoms with Gasteiger partial charge in [0.25, 0.3) is 0 Å². The van der Waals surface area contributed by atoms with E-state index in [1.54, 1.807) is 0 Å². The van der Waals surface area contributed by atoms with Gasteiger partial charge in [0.15, 0.2) is 6.29 Å². The first-order chi connectivity index (χ1) is 11.3. The molecule has 0 radical (unpaired) electrons. The molecule has 0 saturated carbocycles. The van der Waals surface area contributed by atoms with Crippen molar-refractivity contribution >= 4 is 0 Å². The van der Waals surface area contributed by atoms with E-state index in [9.17, 15) is 0 Å². The van der Waals surface area contributed by atoms with Crippen LogP contribution in [0.3, 0.4) is 0 Å². The Bertz CT molecular complexity index is 238. The van der Waals surface area contributed by atoms with Gasteiger partial charge in [-0.25, -0.2) is 0 Å². The van der Waals surface area contributed by atoms with Crippen LogP contribution in [0.5, 0.6) is 0 Å². The summed E-state index contributed by atoms with van der Waals surface area (Å²) in [5.41, 5.74) is 0. The van der Waals surface area contributed by atoms with E-state index in [0.717, 1.165) is 19.6 Å². The Morgan fingerprint density at radius 1 is 0.652 bits per heavy atom. The maximum atomic E-state index is 5.56. The smallest absolute Gasteiger partial charge is 0.154 e. The molecule has 0 aromatic carbocycles. The Labute approximate surface area is 146 Å². The average molecular weight is 327 g/mol. The first-order valence-corrected chi connectivity index (χ1v) is 10.2. The Morgan fingerprint density at radius 3 is 1.74 bits per heavy atom. The van der Waals surface area contributed by atoms with Crippen LogP contribution in [0.1, 0.15) is 104 Å². The predicted molar refractivity (Wildman–Crippen MR) is 102 cm³/mol. The van der Waals surface area contributed by atoms with Gasteiger partial charge in [0.1, 0.15) is 0 Å². The van der Waals surface area contributed by atoms with Gasteiger partial charge in [0.2, 0.25) is 0 Å². The summed E-state index contributed by atoms with van der Waals surface area (Å²) < 4.78 is 10.9. The lowest BCUT2D eigenvalue weighted by Gasteiger charge is -2.12. The van der Waals surface area contributed by atoms with Crippen molar-refractivity contribution in [1.29, 1.82) is 0 Å². The first-order valence-electron chi connectivity index (χ1n) is 10.2. The second kappa shape index (κ2) is 19.7. The molecular weight excluding hydrogens is 284 g/mol. The van der Waals surface area contributed by atoms with E-state index in [1.165, 1.54) is 77.0 Å². The quantitative estimate of drug-likeness (QED) is 0.153. The van der Waals surface area contributed by atoms with Crippen LogP contribution in [0.15, 0.2) is 12.2 Å². The fourth-order valence-corrected chi connectivity index (χ4v) is 2.70. The highest BCUT2D eigenvalue weighted by Gasteiger charge is 1.99. The number of ether oxygens (including phenoxy) is 2. The molecule has 0 aliphatic rings. The topological polar surface area (TPSA) is 18.5 Å². The molecule has 23 heavy (non-hydrogen) atoms. The first kappa shape index (κ1) is 22.7. The lowest BCUT2D eigenvalue weighted by molar-refractivity contribution is -0.127. The molecule has 0 N–H and O–H groups in total. The molecule has 0 aliphatic carbocycles. The number of hydrogen-bond donors (Lipinski definition) is 0. The molecule has 0 spiro atoms. The fraction of sp³-hybridized carbons (Fsp3) is 0.905. The third-order valence-corrected chi connectivity index (χ3v) is 4.16. The zero-order valence-electron chi connectivity index (χ0n) is 16.2. The van der Waals surface area contributed by atoms with Crippen LogP contribution >= 0.6 is 0 Å². The Morgan fingerprint density at radius 2 is 1.17 bits per heavy atom. The molecule has 0 fully saturated rings. The molecule has 2 heteroatoms. The van der Waals surface area contributed by atoms with E-state index in [1.807, 2.05) is 13.8 Å². The molecule has 0 heterocycles. The molecular formula is C21H42O2. The lowest BCUT2D eigenvalue weighted by Crippen LogP contribution is -2.13. The molecule has 0 aromatic heterocycles. The molecule has 2 nitrogen and oxygen atoms in total.